The quantitative estimate of drug-likeness (QED) is 0.171. The summed E-state index contributed by atoms with van der Waals surface area (Å²) in [5.41, 5.74) is 15.0. The summed E-state index contributed by atoms with van der Waals surface area (Å²) in [5.74, 6) is 0. The van der Waals surface area contributed by atoms with Crippen LogP contribution in [0.5, 0.6) is 0 Å². The van der Waals surface area contributed by atoms with Crippen molar-refractivity contribution in [2.75, 3.05) is 4.90 Å². The van der Waals surface area contributed by atoms with Gasteiger partial charge in [-0.1, -0.05) is 115 Å². The number of fused-ring (bicyclic) bond motifs is 7. The van der Waals surface area contributed by atoms with Crippen molar-refractivity contribution >= 4 is 72.4 Å². The van der Waals surface area contributed by atoms with Crippen LogP contribution in [0, 0.1) is 13.8 Å². The fourth-order valence-electron chi connectivity index (χ4n) is 8.23. The van der Waals surface area contributed by atoms with E-state index in [0.717, 1.165) is 72.2 Å². The van der Waals surface area contributed by atoms with Crippen molar-refractivity contribution in [3.63, 3.8) is 0 Å². The molecular weight excluding hydrogens is 680 g/mol. The minimum absolute atomic E-state index is 0.648. The highest BCUT2D eigenvalue weighted by Crippen LogP contribution is 2.47. The molecule has 0 amide bonds. The topological polar surface area (TPSA) is 21.3 Å². The molecule has 0 saturated carbocycles. The maximum atomic E-state index is 7.16. The van der Waals surface area contributed by atoms with Crippen LogP contribution in [-0.2, 0) is 0 Å². The van der Waals surface area contributed by atoms with Crippen LogP contribution in [0.4, 0.5) is 17.1 Å². The molecule has 0 radical (unpaired) electrons. The molecular formula is C50H35ClN2O. The Bertz CT molecular complexity index is 3020. The van der Waals surface area contributed by atoms with Gasteiger partial charge in [-0.15, -0.1) is 0 Å². The molecule has 10 rings (SSSR count). The number of aryl methyl sites for hydroxylation is 2. The monoisotopic (exact) mass is 714 g/mol. The molecule has 3 nitrogen and oxygen atoms in total. The average Bonchev–Trinajstić information content (AvgIpc) is 3.76. The second-order valence-electron chi connectivity index (χ2n) is 14.0. The maximum Gasteiger partial charge on any atom is 0.145 e. The molecule has 0 N–H and O–H groups in total. The van der Waals surface area contributed by atoms with Crippen molar-refractivity contribution in [3.05, 3.63) is 192 Å². The molecule has 258 valence electrons. The van der Waals surface area contributed by atoms with Crippen molar-refractivity contribution in [2.24, 2.45) is 0 Å². The number of rotatable bonds is 6. The number of hydrogen-bond acceptors (Lipinski definition) is 2. The zero-order valence-corrected chi connectivity index (χ0v) is 30.7. The number of anilines is 3. The van der Waals surface area contributed by atoms with Gasteiger partial charge in [0.2, 0.25) is 0 Å². The highest BCUT2D eigenvalue weighted by atomic mass is 35.5. The Balaban J connectivity index is 1.25. The van der Waals surface area contributed by atoms with Crippen molar-refractivity contribution in [1.82, 2.24) is 4.57 Å². The van der Waals surface area contributed by atoms with Gasteiger partial charge in [-0.3, -0.25) is 0 Å². The first-order chi connectivity index (χ1) is 26.5. The molecule has 0 bridgehead atoms. The van der Waals surface area contributed by atoms with Gasteiger partial charge in [0.25, 0.3) is 0 Å². The second kappa shape index (κ2) is 12.8. The van der Waals surface area contributed by atoms with E-state index in [-0.39, 0.29) is 0 Å². The Morgan fingerprint density at radius 2 is 1.19 bits per heavy atom. The summed E-state index contributed by atoms with van der Waals surface area (Å²) in [6.07, 6.45) is 0. The molecule has 2 aromatic heterocycles. The molecule has 0 atom stereocenters. The van der Waals surface area contributed by atoms with Gasteiger partial charge in [0.05, 0.1) is 16.4 Å². The van der Waals surface area contributed by atoms with Gasteiger partial charge in [-0.25, -0.2) is 0 Å². The molecule has 0 aliphatic carbocycles. The van der Waals surface area contributed by atoms with E-state index in [1.54, 1.807) is 0 Å². The minimum Gasteiger partial charge on any atom is -0.455 e. The van der Waals surface area contributed by atoms with E-state index in [4.69, 9.17) is 16.0 Å². The van der Waals surface area contributed by atoms with Gasteiger partial charge in [0.15, 0.2) is 0 Å². The third-order valence-corrected chi connectivity index (χ3v) is 10.8. The van der Waals surface area contributed by atoms with Crippen LogP contribution in [0.3, 0.4) is 0 Å². The van der Waals surface area contributed by atoms with E-state index in [9.17, 15) is 0 Å². The molecule has 0 aliphatic heterocycles. The lowest BCUT2D eigenvalue weighted by molar-refractivity contribution is 0.670. The fraction of sp³-hybridized carbons (Fsp3) is 0.0400. The summed E-state index contributed by atoms with van der Waals surface area (Å²) in [4.78, 5) is 2.32. The van der Waals surface area contributed by atoms with Crippen molar-refractivity contribution < 1.29 is 4.42 Å². The molecule has 2 heterocycles. The van der Waals surface area contributed by atoms with Crippen LogP contribution < -0.4 is 4.90 Å². The molecule has 54 heavy (non-hydrogen) atoms. The molecule has 0 unspecified atom stereocenters. The van der Waals surface area contributed by atoms with Crippen LogP contribution in [-0.4, -0.2) is 4.57 Å². The summed E-state index contributed by atoms with van der Waals surface area (Å²) in [6, 6.07) is 62.0. The van der Waals surface area contributed by atoms with Crippen LogP contribution in [0.25, 0.3) is 71.7 Å². The van der Waals surface area contributed by atoms with Gasteiger partial charge >= 0.3 is 0 Å². The van der Waals surface area contributed by atoms with Gasteiger partial charge < -0.3 is 13.9 Å². The van der Waals surface area contributed by atoms with Crippen LogP contribution in [0.1, 0.15) is 11.1 Å². The van der Waals surface area contributed by atoms with E-state index in [0.29, 0.717) is 5.02 Å². The summed E-state index contributed by atoms with van der Waals surface area (Å²) in [7, 11) is 0. The van der Waals surface area contributed by atoms with E-state index in [1.165, 1.54) is 27.6 Å². The standard InChI is InChI=1S/C50H35ClN2O/c1-32-27-46(33(2)26-42(32)34-16-6-3-7-17-34)52(37-18-8-4-9-19-37)39-29-35(28-36(51)30-39)43-31-44-40-22-12-14-24-45(40)53(38-20-10-5-11-21-38)49(44)48-41-23-13-15-25-47(41)54-50(43)48/h3-31H,1-2H3. The number of benzene rings is 8. The van der Waals surface area contributed by atoms with E-state index < -0.39 is 0 Å². The van der Waals surface area contributed by atoms with Crippen LogP contribution in [0.2, 0.25) is 5.02 Å². The van der Waals surface area contributed by atoms with Gasteiger partial charge in [0, 0.05) is 49.5 Å². The first-order valence-electron chi connectivity index (χ1n) is 18.3. The molecule has 0 aliphatic rings. The lowest BCUT2D eigenvalue weighted by Crippen LogP contribution is -2.12. The molecule has 4 heteroatoms. The number of furan rings is 1. The first kappa shape index (κ1) is 32.1. The number of aromatic nitrogens is 1. The Morgan fingerprint density at radius 3 is 1.96 bits per heavy atom. The summed E-state index contributed by atoms with van der Waals surface area (Å²) < 4.78 is 9.24. The highest BCUT2D eigenvalue weighted by Gasteiger charge is 2.24. The Labute approximate surface area is 318 Å². The van der Waals surface area contributed by atoms with Crippen LogP contribution >= 0.6 is 11.6 Å². The van der Waals surface area contributed by atoms with Gasteiger partial charge in [0.1, 0.15) is 11.2 Å². The predicted octanol–water partition coefficient (Wildman–Crippen LogP) is 14.8. The van der Waals surface area contributed by atoms with Gasteiger partial charge in [-0.05, 0) is 114 Å². The SMILES string of the molecule is Cc1cc(N(c2ccccc2)c2cc(Cl)cc(-c3cc4c5ccccc5n(-c5ccccc5)c4c4c3oc3ccccc34)c2)c(C)cc1-c1ccccc1. The predicted molar refractivity (Wildman–Crippen MR) is 228 cm³/mol. The number of para-hydroxylation sites is 4. The van der Waals surface area contributed by atoms with Crippen molar-refractivity contribution in [1.29, 1.82) is 0 Å². The zero-order valence-electron chi connectivity index (χ0n) is 29.9. The molecule has 8 aromatic carbocycles. The average molecular weight is 715 g/mol. The maximum absolute atomic E-state index is 7.16. The number of halogens is 1. The lowest BCUT2D eigenvalue weighted by Gasteiger charge is -2.29. The molecule has 0 saturated heterocycles. The van der Waals surface area contributed by atoms with E-state index >= 15 is 0 Å². The molecule has 0 fully saturated rings. The van der Waals surface area contributed by atoms with Crippen molar-refractivity contribution in [3.8, 4) is 27.9 Å². The minimum atomic E-state index is 0.648. The second-order valence-corrected chi connectivity index (χ2v) is 14.4. The zero-order chi connectivity index (χ0) is 36.3. The molecule has 10 aromatic rings. The summed E-state index contributed by atoms with van der Waals surface area (Å²) in [6.45, 7) is 4.38. The summed E-state index contributed by atoms with van der Waals surface area (Å²) >= 11 is 7.16. The van der Waals surface area contributed by atoms with Crippen molar-refractivity contribution in [2.45, 2.75) is 13.8 Å². The molecule has 0 spiro atoms. The van der Waals surface area contributed by atoms with Gasteiger partial charge in [-0.2, -0.15) is 0 Å². The Kier molecular flexibility index (Phi) is 7.64. The Hall–Kier alpha value is -6.55. The smallest absolute Gasteiger partial charge is 0.145 e. The van der Waals surface area contributed by atoms with E-state index in [2.05, 4.69) is 193 Å². The number of hydrogen-bond donors (Lipinski definition) is 0. The fourth-order valence-corrected chi connectivity index (χ4v) is 8.46. The Morgan fingerprint density at radius 1 is 0.519 bits per heavy atom. The van der Waals surface area contributed by atoms with E-state index in [1.807, 2.05) is 6.07 Å². The van der Waals surface area contributed by atoms with Crippen LogP contribution in [0.15, 0.2) is 180 Å². The number of nitrogens with zero attached hydrogens (tertiary/aromatic N) is 2. The third kappa shape index (κ3) is 5.20. The normalized spacial score (nSPS) is 11.6. The highest BCUT2D eigenvalue weighted by molar-refractivity contribution is 6.32. The largest absolute Gasteiger partial charge is 0.455 e. The first-order valence-corrected chi connectivity index (χ1v) is 18.7. The lowest BCUT2D eigenvalue weighted by atomic mass is 9.95. The summed E-state index contributed by atoms with van der Waals surface area (Å²) in [5, 5.41) is 5.16. The third-order valence-electron chi connectivity index (χ3n) is 10.6.